The maximum absolute atomic E-state index is 11.0. The first-order chi connectivity index (χ1) is 9.63. The minimum atomic E-state index is -0.651. The molecule has 2 rings (SSSR count). The van der Waals surface area contributed by atoms with E-state index < -0.39 is 11.0 Å². The van der Waals surface area contributed by atoms with Gasteiger partial charge in [0.25, 0.3) is 5.69 Å². The summed E-state index contributed by atoms with van der Waals surface area (Å²) in [6.45, 7) is 0.506. The molecule has 0 aliphatic heterocycles. The number of benzene rings is 1. The number of nitrogens with zero attached hydrogens (tertiary/aromatic N) is 2. The summed E-state index contributed by atoms with van der Waals surface area (Å²) in [5.41, 5.74) is 0.210. The van der Waals surface area contributed by atoms with Gasteiger partial charge in [0, 0.05) is 24.2 Å². The molecule has 0 saturated heterocycles. The van der Waals surface area contributed by atoms with E-state index in [0.717, 1.165) is 0 Å². The standard InChI is InChI=1S/C13H15N3O4/c1-14-7-9(17)8-20-12-5-4-11(16(18)19)13-10(12)3-2-6-15-13/h2-6,9,14,17H,7-8H2,1H3. The number of aromatic nitrogens is 1. The van der Waals surface area contributed by atoms with E-state index in [2.05, 4.69) is 10.3 Å². The summed E-state index contributed by atoms with van der Waals surface area (Å²) in [6, 6.07) is 6.27. The van der Waals surface area contributed by atoms with E-state index in [0.29, 0.717) is 17.7 Å². The molecule has 0 spiro atoms. The molecule has 7 heteroatoms. The van der Waals surface area contributed by atoms with Gasteiger partial charge in [-0.1, -0.05) is 0 Å². The Bertz CT molecular complexity index is 618. The van der Waals surface area contributed by atoms with Gasteiger partial charge in [0.2, 0.25) is 0 Å². The molecular formula is C13H15N3O4. The summed E-state index contributed by atoms with van der Waals surface area (Å²) in [5.74, 6) is 0.467. The molecule has 0 amide bonds. The van der Waals surface area contributed by atoms with E-state index in [1.54, 1.807) is 19.2 Å². The van der Waals surface area contributed by atoms with Gasteiger partial charge in [-0.15, -0.1) is 0 Å². The van der Waals surface area contributed by atoms with Gasteiger partial charge in [0.15, 0.2) is 5.52 Å². The fourth-order valence-corrected chi connectivity index (χ4v) is 1.89. The van der Waals surface area contributed by atoms with Crippen LogP contribution in [0.5, 0.6) is 5.75 Å². The summed E-state index contributed by atoms with van der Waals surface area (Å²) in [5, 5.41) is 24.0. The lowest BCUT2D eigenvalue weighted by Gasteiger charge is -2.13. The maximum Gasteiger partial charge on any atom is 0.295 e. The van der Waals surface area contributed by atoms with Crippen molar-refractivity contribution in [2.24, 2.45) is 0 Å². The molecule has 0 bridgehead atoms. The largest absolute Gasteiger partial charge is 0.490 e. The van der Waals surface area contributed by atoms with Crippen LogP contribution in [0.1, 0.15) is 0 Å². The number of nitrogens with one attached hydrogen (secondary N) is 1. The fraction of sp³-hybridized carbons (Fsp3) is 0.308. The highest BCUT2D eigenvalue weighted by Crippen LogP contribution is 2.31. The fourth-order valence-electron chi connectivity index (χ4n) is 1.89. The van der Waals surface area contributed by atoms with Crippen LogP contribution in [0.3, 0.4) is 0 Å². The van der Waals surface area contributed by atoms with E-state index in [9.17, 15) is 15.2 Å². The molecule has 0 radical (unpaired) electrons. The Labute approximate surface area is 115 Å². The molecule has 2 aromatic rings. The number of nitro groups is 1. The highest BCUT2D eigenvalue weighted by atomic mass is 16.6. The lowest BCUT2D eigenvalue weighted by molar-refractivity contribution is -0.383. The number of rotatable bonds is 6. The van der Waals surface area contributed by atoms with Crippen LogP contribution in [0, 0.1) is 10.1 Å². The number of non-ortho nitro benzene ring substituents is 1. The summed E-state index contributed by atoms with van der Waals surface area (Å²) >= 11 is 0. The third kappa shape index (κ3) is 3.01. The summed E-state index contributed by atoms with van der Waals surface area (Å²) in [7, 11) is 1.73. The molecule has 2 N–H and O–H groups in total. The van der Waals surface area contributed by atoms with Crippen LogP contribution in [0.15, 0.2) is 30.5 Å². The summed E-state index contributed by atoms with van der Waals surface area (Å²) in [4.78, 5) is 14.5. The van der Waals surface area contributed by atoms with E-state index in [-0.39, 0.29) is 17.8 Å². The maximum atomic E-state index is 11.0. The molecule has 20 heavy (non-hydrogen) atoms. The van der Waals surface area contributed by atoms with Gasteiger partial charge in [0.1, 0.15) is 18.5 Å². The first-order valence-electron chi connectivity index (χ1n) is 6.11. The lowest BCUT2D eigenvalue weighted by Crippen LogP contribution is -2.29. The minimum absolute atomic E-state index is 0.0660. The number of fused-ring (bicyclic) bond motifs is 1. The Morgan fingerprint density at radius 2 is 2.30 bits per heavy atom. The highest BCUT2D eigenvalue weighted by Gasteiger charge is 2.16. The number of likely N-dealkylation sites (N-methyl/N-ethyl adjacent to an activating group) is 1. The van der Waals surface area contributed by atoms with Gasteiger partial charge in [-0.05, 0) is 25.2 Å². The predicted molar refractivity (Wildman–Crippen MR) is 73.8 cm³/mol. The molecule has 0 aliphatic rings. The van der Waals surface area contributed by atoms with Crippen LogP contribution >= 0.6 is 0 Å². The number of ether oxygens (including phenoxy) is 1. The van der Waals surface area contributed by atoms with Crippen LogP contribution in [-0.2, 0) is 0 Å². The van der Waals surface area contributed by atoms with Crippen molar-refractivity contribution in [2.45, 2.75) is 6.10 Å². The summed E-state index contributed by atoms with van der Waals surface area (Å²) < 4.78 is 5.52. The third-order valence-corrected chi connectivity index (χ3v) is 2.78. The SMILES string of the molecule is CNCC(O)COc1ccc([N+](=O)[O-])c2ncccc12. The summed E-state index contributed by atoms with van der Waals surface area (Å²) in [6.07, 6.45) is 0.844. The topological polar surface area (TPSA) is 97.5 Å². The van der Waals surface area contributed by atoms with Crippen LogP contribution < -0.4 is 10.1 Å². The van der Waals surface area contributed by atoms with Gasteiger partial charge in [-0.25, -0.2) is 4.98 Å². The van der Waals surface area contributed by atoms with E-state index in [1.165, 1.54) is 18.3 Å². The first-order valence-corrected chi connectivity index (χ1v) is 6.11. The number of pyridine rings is 1. The molecule has 0 saturated carbocycles. The van der Waals surface area contributed by atoms with Crippen LogP contribution in [0.2, 0.25) is 0 Å². The zero-order valence-corrected chi connectivity index (χ0v) is 10.9. The van der Waals surface area contributed by atoms with Crippen molar-refractivity contribution < 1.29 is 14.8 Å². The molecular weight excluding hydrogens is 262 g/mol. The van der Waals surface area contributed by atoms with Gasteiger partial charge >= 0.3 is 0 Å². The van der Waals surface area contributed by atoms with Crippen LogP contribution in [-0.4, -0.2) is 41.3 Å². The molecule has 1 atom stereocenters. The Morgan fingerprint density at radius 1 is 1.50 bits per heavy atom. The van der Waals surface area contributed by atoms with Gasteiger partial charge in [0.05, 0.1) is 4.92 Å². The second-order valence-electron chi connectivity index (χ2n) is 4.26. The van der Waals surface area contributed by atoms with Gasteiger partial charge < -0.3 is 15.2 Å². The highest BCUT2D eigenvalue weighted by molar-refractivity contribution is 5.91. The van der Waals surface area contributed by atoms with Crippen molar-refractivity contribution in [3.63, 3.8) is 0 Å². The van der Waals surface area contributed by atoms with Gasteiger partial charge in [-0.2, -0.15) is 0 Å². The Hall–Kier alpha value is -2.25. The van der Waals surface area contributed by atoms with Crippen molar-refractivity contribution in [3.8, 4) is 5.75 Å². The molecule has 1 heterocycles. The normalized spacial score (nSPS) is 12.3. The number of aliphatic hydroxyl groups is 1. The Balaban J connectivity index is 2.31. The predicted octanol–water partition coefficient (Wildman–Crippen LogP) is 1.10. The third-order valence-electron chi connectivity index (χ3n) is 2.78. The lowest BCUT2D eigenvalue weighted by atomic mass is 10.1. The van der Waals surface area contributed by atoms with E-state index >= 15 is 0 Å². The molecule has 0 aliphatic carbocycles. The molecule has 0 fully saturated rings. The average molecular weight is 277 g/mol. The van der Waals surface area contributed by atoms with Crippen LogP contribution in [0.4, 0.5) is 5.69 Å². The molecule has 7 nitrogen and oxygen atoms in total. The molecule has 1 aromatic carbocycles. The van der Waals surface area contributed by atoms with Crippen molar-refractivity contribution in [1.82, 2.24) is 10.3 Å². The van der Waals surface area contributed by atoms with Crippen molar-refractivity contribution in [3.05, 3.63) is 40.6 Å². The number of aliphatic hydroxyl groups excluding tert-OH is 1. The Kier molecular flexibility index (Phi) is 4.44. The van der Waals surface area contributed by atoms with Crippen molar-refractivity contribution in [1.29, 1.82) is 0 Å². The van der Waals surface area contributed by atoms with Gasteiger partial charge in [-0.3, -0.25) is 10.1 Å². The zero-order valence-electron chi connectivity index (χ0n) is 10.9. The molecule has 106 valence electrons. The molecule has 1 unspecified atom stereocenters. The van der Waals surface area contributed by atoms with Crippen molar-refractivity contribution in [2.75, 3.05) is 20.2 Å². The molecule has 1 aromatic heterocycles. The monoisotopic (exact) mass is 277 g/mol. The number of nitro benzene ring substituents is 1. The average Bonchev–Trinajstić information content (AvgIpc) is 2.44. The second kappa shape index (κ2) is 6.27. The Morgan fingerprint density at radius 3 is 3.00 bits per heavy atom. The van der Waals surface area contributed by atoms with Crippen LogP contribution in [0.25, 0.3) is 10.9 Å². The van der Waals surface area contributed by atoms with E-state index in [1.807, 2.05) is 0 Å². The first kappa shape index (κ1) is 14.2. The number of hydrogen-bond acceptors (Lipinski definition) is 6. The number of hydrogen-bond donors (Lipinski definition) is 2. The quantitative estimate of drug-likeness (QED) is 0.606. The smallest absolute Gasteiger partial charge is 0.295 e. The minimum Gasteiger partial charge on any atom is -0.490 e. The zero-order chi connectivity index (χ0) is 14.5. The second-order valence-corrected chi connectivity index (χ2v) is 4.26. The van der Waals surface area contributed by atoms with E-state index in [4.69, 9.17) is 4.74 Å². The van der Waals surface area contributed by atoms with Crippen molar-refractivity contribution >= 4 is 16.6 Å².